The topological polar surface area (TPSA) is 58.5 Å². The summed E-state index contributed by atoms with van der Waals surface area (Å²) in [5, 5.41) is 6.58. The Hall–Kier alpha value is -1.14. The zero-order valence-corrected chi connectivity index (χ0v) is 11.7. The third-order valence-corrected chi connectivity index (χ3v) is 3.94. The Morgan fingerprint density at radius 1 is 1.61 bits per heavy atom. The van der Waals surface area contributed by atoms with Gasteiger partial charge in [-0.2, -0.15) is 0 Å². The van der Waals surface area contributed by atoms with Crippen molar-refractivity contribution in [2.24, 2.45) is 4.99 Å². The third kappa shape index (κ3) is 3.68. The number of aromatic nitrogens is 1. The lowest BCUT2D eigenvalue weighted by Crippen LogP contribution is -2.40. The van der Waals surface area contributed by atoms with Crippen molar-refractivity contribution < 1.29 is 4.74 Å². The van der Waals surface area contributed by atoms with Gasteiger partial charge in [0.1, 0.15) is 0 Å². The molecule has 100 valence electrons. The van der Waals surface area contributed by atoms with Crippen LogP contribution in [0, 0.1) is 6.92 Å². The van der Waals surface area contributed by atoms with E-state index in [2.05, 4.69) is 20.6 Å². The molecule has 2 N–H and O–H groups in total. The number of hydrogen-bond donors (Lipinski definition) is 2. The average molecular weight is 268 g/mol. The van der Waals surface area contributed by atoms with Crippen molar-refractivity contribution in [3.8, 4) is 0 Å². The van der Waals surface area contributed by atoms with E-state index in [9.17, 15) is 0 Å². The summed E-state index contributed by atoms with van der Waals surface area (Å²) < 4.78 is 5.56. The Labute approximate surface area is 112 Å². The highest BCUT2D eigenvalue weighted by atomic mass is 32.1. The third-order valence-electron chi connectivity index (χ3n) is 3.01. The lowest BCUT2D eigenvalue weighted by molar-refractivity contribution is 0.114. The highest BCUT2D eigenvalue weighted by Gasteiger charge is 2.15. The van der Waals surface area contributed by atoms with Gasteiger partial charge in [-0.3, -0.25) is 4.99 Å². The van der Waals surface area contributed by atoms with Crippen LogP contribution in [0.5, 0.6) is 0 Å². The number of nitrogens with one attached hydrogen (secondary N) is 2. The molecular formula is C12H20N4OS. The van der Waals surface area contributed by atoms with E-state index in [0.717, 1.165) is 37.8 Å². The number of guanidine groups is 1. The maximum atomic E-state index is 5.56. The van der Waals surface area contributed by atoms with Gasteiger partial charge in [-0.25, -0.2) is 4.98 Å². The van der Waals surface area contributed by atoms with Crippen molar-refractivity contribution in [2.45, 2.75) is 32.4 Å². The fraction of sp³-hybridized carbons (Fsp3) is 0.667. The second-order valence-electron chi connectivity index (χ2n) is 4.30. The molecular weight excluding hydrogens is 248 g/mol. The van der Waals surface area contributed by atoms with E-state index < -0.39 is 0 Å². The smallest absolute Gasteiger partial charge is 0.191 e. The molecule has 0 aromatic carbocycles. The Bertz CT molecular complexity index is 399. The van der Waals surface area contributed by atoms with E-state index in [1.165, 1.54) is 11.3 Å². The van der Waals surface area contributed by atoms with Crippen LogP contribution in [0.1, 0.15) is 23.4 Å². The first-order valence-corrected chi connectivity index (χ1v) is 7.12. The highest BCUT2D eigenvalue weighted by Crippen LogP contribution is 2.11. The normalized spacial score (nSPS) is 20.1. The summed E-state index contributed by atoms with van der Waals surface area (Å²) in [4.78, 5) is 9.67. The molecule has 0 radical (unpaired) electrons. The van der Waals surface area contributed by atoms with Crippen molar-refractivity contribution in [3.05, 3.63) is 16.1 Å². The van der Waals surface area contributed by atoms with Crippen LogP contribution in [0.4, 0.5) is 0 Å². The van der Waals surface area contributed by atoms with Crippen molar-refractivity contribution in [1.29, 1.82) is 0 Å². The van der Waals surface area contributed by atoms with Crippen LogP contribution in [0.25, 0.3) is 0 Å². The summed E-state index contributed by atoms with van der Waals surface area (Å²) in [6.45, 7) is 4.50. The number of ether oxygens (including phenoxy) is 1. The van der Waals surface area contributed by atoms with Gasteiger partial charge >= 0.3 is 0 Å². The number of nitrogens with zero attached hydrogens (tertiary/aromatic N) is 2. The molecule has 0 aliphatic carbocycles. The minimum Gasteiger partial charge on any atom is -0.376 e. The second-order valence-corrected chi connectivity index (χ2v) is 5.24. The molecule has 1 aliphatic rings. The molecule has 0 spiro atoms. The fourth-order valence-electron chi connectivity index (χ4n) is 1.90. The molecule has 1 aromatic heterocycles. The molecule has 1 atom stereocenters. The molecule has 5 nitrogen and oxygen atoms in total. The van der Waals surface area contributed by atoms with E-state index in [0.29, 0.717) is 6.10 Å². The van der Waals surface area contributed by atoms with Gasteiger partial charge in [-0.05, 0) is 19.8 Å². The Morgan fingerprint density at radius 2 is 2.50 bits per heavy atom. The number of hydrogen-bond acceptors (Lipinski definition) is 4. The second kappa shape index (κ2) is 6.70. The van der Waals surface area contributed by atoms with Crippen LogP contribution in [0.3, 0.4) is 0 Å². The van der Waals surface area contributed by atoms with E-state index in [1.54, 1.807) is 18.4 Å². The molecule has 0 bridgehead atoms. The molecule has 1 fully saturated rings. The number of rotatable bonds is 4. The summed E-state index contributed by atoms with van der Waals surface area (Å²) in [6, 6.07) is 0. The summed E-state index contributed by atoms with van der Waals surface area (Å²) in [5.41, 5.74) is 2.96. The van der Waals surface area contributed by atoms with Gasteiger partial charge < -0.3 is 15.4 Å². The summed E-state index contributed by atoms with van der Waals surface area (Å²) in [7, 11) is 1.78. The van der Waals surface area contributed by atoms with Crippen LogP contribution >= 0.6 is 11.3 Å². The van der Waals surface area contributed by atoms with E-state index in [1.807, 2.05) is 12.4 Å². The number of thiazole rings is 1. The minimum absolute atomic E-state index is 0.327. The maximum Gasteiger partial charge on any atom is 0.191 e. The van der Waals surface area contributed by atoms with Gasteiger partial charge in [-0.1, -0.05) is 0 Å². The van der Waals surface area contributed by atoms with Crippen molar-refractivity contribution in [1.82, 2.24) is 15.6 Å². The molecule has 18 heavy (non-hydrogen) atoms. The zero-order valence-electron chi connectivity index (χ0n) is 10.9. The van der Waals surface area contributed by atoms with Crippen molar-refractivity contribution in [2.75, 3.05) is 20.2 Å². The van der Waals surface area contributed by atoms with E-state index in [4.69, 9.17) is 4.74 Å². The standard InChI is InChI=1S/C12H20N4OS/c1-9-11(18-8-16-9)7-15-12(13-2)14-6-10-4-3-5-17-10/h8,10H,3-7H2,1-2H3,(H2,13,14,15). The molecule has 2 rings (SSSR count). The van der Waals surface area contributed by atoms with Gasteiger partial charge in [-0.15, -0.1) is 11.3 Å². The fourth-order valence-corrected chi connectivity index (χ4v) is 2.61. The molecule has 1 aliphatic heterocycles. The van der Waals surface area contributed by atoms with Crippen LogP contribution in [0.15, 0.2) is 10.5 Å². The van der Waals surface area contributed by atoms with Gasteiger partial charge in [0.05, 0.1) is 23.9 Å². The van der Waals surface area contributed by atoms with Gasteiger partial charge in [0.25, 0.3) is 0 Å². The first kappa shape index (κ1) is 13.3. The van der Waals surface area contributed by atoms with Crippen LogP contribution in [-0.2, 0) is 11.3 Å². The number of aliphatic imine (C=N–C) groups is 1. The predicted molar refractivity (Wildman–Crippen MR) is 74.0 cm³/mol. The van der Waals surface area contributed by atoms with Crippen molar-refractivity contribution in [3.63, 3.8) is 0 Å². The summed E-state index contributed by atoms with van der Waals surface area (Å²) in [5.74, 6) is 0.818. The summed E-state index contributed by atoms with van der Waals surface area (Å²) >= 11 is 1.66. The quantitative estimate of drug-likeness (QED) is 0.638. The lowest BCUT2D eigenvalue weighted by Gasteiger charge is -2.14. The van der Waals surface area contributed by atoms with Crippen LogP contribution in [0.2, 0.25) is 0 Å². The highest BCUT2D eigenvalue weighted by molar-refractivity contribution is 7.09. The van der Waals surface area contributed by atoms with Crippen molar-refractivity contribution >= 4 is 17.3 Å². The molecule has 0 amide bonds. The molecule has 1 aromatic rings. The Morgan fingerprint density at radius 3 is 3.11 bits per heavy atom. The van der Waals surface area contributed by atoms with Gasteiger partial charge in [0.15, 0.2) is 5.96 Å². The van der Waals surface area contributed by atoms with Crippen LogP contribution in [-0.4, -0.2) is 37.2 Å². The van der Waals surface area contributed by atoms with Gasteiger partial charge in [0.2, 0.25) is 0 Å². The molecule has 6 heteroatoms. The molecule has 2 heterocycles. The van der Waals surface area contributed by atoms with Gasteiger partial charge in [0, 0.05) is 25.1 Å². The molecule has 1 unspecified atom stereocenters. The first-order chi connectivity index (χ1) is 8.79. The Balaban J connectivity index is 1.74. The minimum atomic E-state index is 0.327. The van der Waals surface area contributed by atoms with Crippen LogP contribution < -0.4 is 10.6 Å². The SMILES string of the molecule is CN=C(NCc1scnc1C)NCC1CCCO1. The summed E-state index contributed by atoms with van der Waals surface area (Å²) in [6.07, 6.45) is 2.63. The lowest BCUT2D eigenvalue weighted by atomic mass is 10.2. The Kier molecular flexibility index (Phi) is 4.95. The largest absolute Gasteiger partial charge is 0.376 e. The molecule has 0 saturated carbocycles. The predicted octanol–water partition coefficient (Wildman–Crippen LogP) is 1.30. The van der Waals surface area contributed by atoms with E-state index >= 15 is 0 Å². The zero-order chi connectivity index (χ0) is 12.8. The molecule has 1 saturated heterocycles. The monoisotopic (exact) mass is 268 g/mol. The average Bonchev–Trinajstić information content (AvgIpc) is 3.01. The first-order valence-electron chi connectivity index (χ1n) is 6.24. The maximum absolute atomic E-state index is 5.56. The number of aryl methyl sites for hydroxylation is 1. The van der Waals surface area contributed by atoms with E-state index in [-0.39, 0.29) is 0 Å².